The second-order valence-corrected chi connectivity index (χ2v) is 28.2. The van der Waals surface area contributed by atoms with Gasteiger partial charge in [-0.15, -0.1) is 0 Å². The number of benzene rings is 13. The highest BCUT2D eigenvalue weighted by molar-refractivity contribution is 6.23. The minimum absolute atomic E-state index is 0.0102. The van der Waals surface area contributed by atoms with Gasteiger partial charge in [0.2, 0.25) is 0 Å². The molecule has 4 heterocycles. The molecule has 95 heavy (non-hydrogen) atoms. The summed E-state index contributed by atoms with van der Waals surface area (Å²) in [5.74, 6) is 0. The van der Waals surface area contributed by atoms with Crippen LogP contribution < -0.4 is 0 Å². The number of aromatic nitrogens is 4. The fraction of sp³-hybridized carbons (Fsp3) is 0.143. The van der Waals surface area contributed by atoms with Crippen LogP contribution in [-0.4, -0.2) is 18.3 Å². The third kappa shape index (κ3) is 10.6. The summed E-state index contributed by atoms with van der Waals surface area (Å²) in [6.45, 7) is 22.2. The van der Waals surface area contributed by atoms with Crippen LogP contribution in [-0.2, 0) is 16.2 Å². The van der Waals surface area contributed by atoms with Gasteiger partial charge in [0.05, 0.1) is 49.6 Å². The maximum absolute atomic E-state index is 8.79. The van der Waals surface area contributed by atoms with Gasteiger partial charge in [0, 0.05) is 65.8 Å². The lowest BCUT2D eigenvalue weighted by Gasteiger charge is -2.25. The smallest absolute Gasteiger partial charge is 0.0632 e. The molecule has 17 rings (SSSR count). The van der Waals surface area contributed by atoms with Crippen molar-refractivity contribution in [1.82, 2.24) is 18.3 Å². The minimum atomic E-state index is -0.297. The van der Waals surface area contributed by atoms with Crippen molar-refractivity contribution in [3.8, 4) is 45.0 Å². The first kappa shape index (κ1) is 55.7. The van der Waals surface area contributed by atoms with Gasteiger partial charge in [-0.2, -0.15) is 0 Å². The predicted molar refractivity (Wildman–Crippen MR) is 408 cm³/mol. The Kier molecular flexibility index (Phi) is 14.0. The molecule has 0 saturated carbocycles. The summed E-state index contributed by atoms with van der Waals surface area (Å²) in [6.07, 6.45) is 0. The largest absolute Gasteiger partial charge is 0.309 e. The highest BCUT2D eigenvalue weighted by atomic mass is 15.0. The first-order valence-electron chi connectivity index (χ1n) is 35.2. The Labute approximate surface area is 563 Å². The molecule has 464 valence electrons. The second-order valence-electron chi connectivity index (χ2n) is 28.2. The monoisotopic (exact) mass is 1230 g/mol. The van der Waals surface area contributed by atoms with Crippen molar-refractivity contribution in [3.63, 3.8) is 0 Å². The van der Waals surface area contributed by atoms with Gasteiger partial charge in [0.15, 0.2) is 0 Å². The van der Waals surface area contributed by atoms with Crippen LogP contribution in [0.2, 0.25) is 0 Å². The normalized spacial score (nSPS) is 12.7. The van der Waals surface area contributed by atoms with Crippen molar-refractivity contribution in [2.75, 3.05) is 0 Å². The molecule has 13 aromatic carbocycles. The molecule has 0 aliphatic carbocycles. The number of para-hydroxylation sites is 8. The van der Waals surface area contributed by atoms with Crippen molar-refractivity contribution in [2.24, 2.45) is 0 Å². The third-order valence-corrected chi connectivity index (χ3v) is 18.7. The molecule has 0 radical (unpaired) electrons. The minimum Gasteiger partial charge on any atom is -0.309 e. The lowest BCUT2D eigenvalue weighted by Crippen LogP contribution is -2.13. The van der Waals surface area contributed by atoms with Crippen LogP contribution in [0.1, 0.15) is 90.1 Å². The van der Waals surface area contributed by atoms with E-state index in [1.165, 1.54) is 105 Å². The molecular weight excluding hydrogens is 1150 g/mol. The first-order chi connectivity index (χ1) is 47.7. The maximum atomic E-state index is 8.79. The zero-order valence-corrected chi connectivity index (χ0v) is 55.8. The Bertz CT molecular complexity index is 5780. The molecule has 0 amide bonds. The highest BCUT2D eigenvalue weighted by Gasteiger charge is 2.31. The van der Waals surface area contributed by atoms with E-state index in [0.29, 0.717) is 11.1 Å². The summed E-state index contributed by atoms with van der Waals surface area (Å²) >= 11 is 0. The SMILES string of the molecule is CC(C)(C)c1c(-c2ccccc2)ccc2c1c1ccccc1n2-c1ccccc1.CC(C)(C)c1c2c3ccccc3n(-c3ccccc3)c2cc2c1c1ccccc1n2-c1ccccc1.[2H]c1c([2H])c(C)c([2H])c(-c2ccc3c(c2C(C)(C)C)c2ccccc2n3-c2ccccc2)c1[2H]. The van der Waals surface area contributed by atoms with Crippen LogP contribution in [0.15, 0.2) is 303 Å². The zero-order valence-electron chi connectivity index (χ0n) is 59.8. The number of fused-ring (bicyclic) bond motifs is 12. The Morgan fingerprint density at radius 1 is 0.263 bits per heavy atom. The summed E-state index contributed by atoms with van der Waals surface area (Å²) in [6, 6.07) is 99.1. The fourth-order valence-corrected chi connectivity index (χ4v) is 15.1. The van der Waals surface area contributed by atoms with Crippen LogP contribution in [0.25, 0.3) is 132 Å². The Morgan fingerprint density at radius 3 is 0.884 bits per heavy atom. The van der Waals surface area contributed by atoms with E-state index in [1.807, 2.05) is 36.4 Å². The maximum Gasteiger partial charge on any atom is 0.0632 e. The molecule has 0 fully saturated rings. The van der Waals surface area contributed by atoms with Crippen molar-refractivity contribution in [2.45, 2.75) is 85.5 Å². The molecule has 0 aliphatic heterocycles. The van der Waals surface area contributed by atoms with Crippen LogP contribution in [0, 0.1) is 6.92 Å². The van der Waals surface area contributed by atoms with E-state index in [0.717, 1.165) is 38.6 Å². The summed E-state index contributed by atoms with van der Waals surface area (Å²) in [7, 11) is 0. The van der Waals surface area contributed by atoms with Gasteiger partial charge in [-0.1, -0.05) is 280 Å². The van der Waals surface area contributed by atoms with Crippen LogP contribution in [0.4, 0.5) is 0 Å². The van der Waals surface area contributed by atoms with Gasteiger partial charge >= 0.3 is 0 Å². The molecule has 0 atom stereocenters. The highest BCUT2D eigenvalue weighted by Crippen LogP contribution is 2.49. The average Bonchev–Trinajstić information content (AvgIpc) is 1.55. The molecule has 4 aromatic heterocycles. The zero-order chi connectivity index (χ0) is 68.8. The predicted octanol–water partition coefficient (Wildman–Crippen LogP) is 25.0. The topological polar surface area (TPSA) is 19.7 Å². The van der Waals surface area contributed by atoms with Crippen molar-refractivity contribution < 1.29 is 5.48 Å². The molecule has 0 unspecified atom stereocenters. The fourth-order valence-electron chi connectivity index (χ4n) is 15.1. The van der Waals surface area contributed by atoms with Gasteiger partial charge in [-0.3, -0.25) is 0 Å². The van der Waals surface area contributed by atoms with Crippen molar-refractivity contribution in [1.29, 1.82) is 0 Å². The molecule has 0 aliphatic rings. The molecule has 17 aromatic rings. The van der Waals surface area contributed by atoms with Gasteiger partial charge < -0.3 is 18.3 Å². The molecule has 0 saturated heterocycles. The molecule has 0 spiro atoms. The number of nitrogens with zero attached hydrogens (tertiary/aromatic N) is 4. The van der Waals surface area contributed by atoms with Gasteiger partial charge in [-0.25, -0.2) is 0 Å². The van der Waals surface area contributed by atoms with E-state index < -0.39 is 0 Å². The number of rotatable bonds is 6. The lowest BCUT2D eigenvalue weighted by atomic mass is 9.79. The second kappa shape index (κ2) is 23.9. The van der Waals surface area contributed by atoms with E-state index in [1.54, 1.807) is 6.92 Å². The van der Waals surface area contributed by atoms with Crippen molar-refractivity contribution >= 4 is 87.2 Å². The summed E-state index contributed by atoms with van der Waals surface area (Å²) < 4.78 is 43.5. The summed E-state index contributed by atoms with van der Waals surface area (Å²) in [5, 5.41) is 10.2. The molecule has 0 N–H and O–H groups in total. The average molecular weight is 1230 g/mol. The van der Waals surface area contributed by atoms with Gasteiger partial charge in [-0.05, 0) is 153 Å². The van der Waals surface area contributed by atoms with E-state index in [4.69, 9.17) is 5.48 Å². The number of hydrogen-bond donors (Lipinski definition) is 0. The Hall–Kier alpha value is -10.9. The molecule has 4 nitrogen and oxygen atoms in total. The van der Waals surface area contributed by atoms with Gasteiger partial charge in [0.1, 0.15) is 0 Å². The Balaban J connectivity index is 0.000000122. The summed E-state index contributed by atoms with van der Waals surface area (Å²) in [5.41, 5.74) is 22.1. The molecular formula is C91H80N4. The van der Waals surface area contributed by atoms with E-state index in [9.17, 15) is 0 Å². The van der Waals surface area contributed by atoms with E-state index in [2.05, 4.69) is 323 Å². The van der Waals surface area contributed by atoms with Crippen LogP contribution in [0.5, 0.6) is 0 Å². The van der Waals surface area contributed by atoms with Crippen LogP contribution >= 0.6 is 0 Å². The van der Waals surface area contributed by atoms with E-state index >= 15 is 0 Å². The quantitative estimate of drug-likeness (QED) is 0.158. The van der Waals surface area contributed by atoms with Gasteiger partial charge in [0.25, 0.3) is 0 Å². The number of hydrogen-bond acceptors (Lipinski definition) is 0. The standard InChI is InChI=1S/C34H28N2.C29H27N.C28H25N/c1-34(2,3)33-31-25-18-10-12-20-27(25)35(23-14-6-4-7-15-23)29(31)22-30-32(33)26-19-11-13-21-28(26)36(30)24-16-8-5-9-17-24;1-20-11-10-12-21(19-20)23-17-18-26-27(28(23)29(2,3)4)24-15-8-9-16-25(24)30(26)22-13-6-5-7-14-22;1-28(2,3)27-22(20-12-6-4-7-13-20)18-19-25-26(27)23-16-10-11-17-24(23)29(25)21-14-8-5-9-15-21/h4-22H,1-3H3;5-19H,1-4H3;4-19H,1-3H3/i;10D,11D,12D,19D;. The van der Waals surface area contributed by atoms with E-state index in [-0.39, 0.29) is 40.4 Å². The first-order valence-corrected chi connectivity index (χ1v) is 33.2. The van der Waals surface area contributed by atoms with Crippen LogP contribution in [0.3, 0.4) is 0 Å². The van der Waals surface area contributed by atoms with Crippen molar-refractivity contribution in [3.05, 3.63) is 325 Å². The third-order valence-electron chi connectivity index (χ3n) is 18.7. The lowest BCUT2D eigenvalue weighted by molar-refractivity contribution is 0.597. The molecule has 4 heteroatoms. The molecule has 0 bridgehead atoms. The summed E-state index contributed by atoms with van der Waals surface area (Å²) in [4.78, 5) is 0. The Morgan fingerprint density at radius 2 is 0.547 bits per heavy atom.